The quantitative estimate of drug-likeness (QED) is 0.590. The molecule has 0 unspecified atom stereocenters. The Morgan fingerprint density at radius 2 is 2.00 bits per heavy atom. The van der Waals surface area contributed by atoms with Gasteiger partial charge < -0.3 is 4.74 Å². The van der Waals surface area contributed by atoms with Crippen molar-refractivity contribution < 1.29 is 13.5 Å². The lowest BCUT2D eigenvalue weighted by Gasteiger charge is -2.09. The molecule has 1 aromatic heterocycles. The topological polar surface area (TPSA) is 22.1 Å². The third kappa shape index (κ3) is 3.50. The molecule has 0 amide bonds. The second kappa shape index (κ2) is 3.82. The zero-order valence-electron chi connectivity index (χ0n) is 5.90. The van der Waals surface area contributed by atoms with E-state index >= 15 is 0 Å². The van der Waals surface area contributed by atoms with Crippen LogP contribution in [0.1, 0.15) is 0 Å². The van der Waals surface area contributed by atoms with Crippen LogP contribution in [0.3, 0.4) is 0 Å². The highest BCUT2D eigenvalue weighted by molar-refractivity contribution is 6.41. The van der Waals surface area contributed by atoms with E-state index in [1.165, 1.54) is 0 Å². The van der Waals surface area contributed by atoms with E-state index in [0.29, 0.717) is 0 Å². The van der Waals surface area contributed by atoms with Crippen molar-refractivity contribution in [2.45, 2.75) is 5.57 Å². The first-order valence-electron chi connectivity index (χ1n) is 2.95. The number of halogens is 5. The molecule has 1 heterocycles. The molecule has 0 atom stereocenters. The Kier molecular flexibility index (Phi) is 3.16. The molecule has 0 saturated carbocycles. The molecule has 0 aliphatic rings. The zero-order valence-corrected chi connectivity index (χ0v) is 8.17. The van der Waals surface area contributed by atoms with Crippen LogP contribution in [0.2, 0.25) is 10.2 Å². The summed E-state index contributed by atoms with van der Waals surface area (Å²) >= 11 is 15.4. The number of nitrogens with zero attached hydrogens (tertiary/aromatic N) is 1. The fourth-order valence-electron chi connectivity index (χ4n) is 0.593. The first kappa shape index (κ1) is 10.8. The van der Waals surface area contributed by atoms with Gasteiger partial charge in [-0.2, -0.15) is 0 Å². The van der Waals surface area contributed by atoms with Gasteiger partial charge >= 0.3 is 5.57 Å². The first-order chi connectivity index (χ1) is 5.88. The van der Waals surface area contributed by atoms with Crippen molar-refractivity contribution >= 4 is 34.8 Å². The Balaban J connectivity index is 2.86. The normalized spacial score (nSPS) is 11.5. The van der Waals surface area contributed by atoms with E-state index in [1.807, 2.05) is 0 Å². The Hall–Kier alpha value is -0.320. The number of hydrogen-bond donors (Lipinski definition) is 0. The maximum absolute atomic E-state index is 12.1. The SMILES string of the molecule is FC(F)(Cl)Oc1cnc(Cl)c(Cl)c1. The third-order valence-electron chi connectivity index (χ3n) is 1.00. The lowest BCUT2D eigenvalue weighted by atomic mass is 10.5. The van der Waals surface area contributed by atoms with Gasteiger partial charge in [0.25, 0.3) is 0 Å². The molecule has 2 nitrogen and oxygen atoms in total. The lowest BCUT2D eigenvalue weighted by Crippen LogP contribution is -2.15. The molecule has 0 spiro atoms. The first-order valence-corrected chi connectivity index (χ1v) is 4.08. The molecular weight excluding hydrogens is 246 g/mol. The van der Waals surface area contributed by atoms with E-state index in [1.54, 1.807) is 0 Å². The second-order valence-corrected chi connectivity index (χ2v) is 3.20. The van der Waals surface area contributed by atoms with Crippen molar-refractivity contribution in [3.05, 3.63) is 22.4 Å². The summed E-state index contributed by atoms with van der Waals surface area (Å²) in [5.41, 5.74) is -3.78. The minimum atomic E-state index is -3.78. The lowest BCUT2D eigenvalue weighted by molar-refractivity contribution is -0.0966. The molecule has 1 rings (SSSR count). The van der Waals surface area contributed by atoms with Gasteiger partial charge in [-0.3, -0.25) is 0 Å². The maximum atomic E-state index is 12.1. The smallest absolute Gasteiger partial charge is 0.418 e. The molecule has 0 aliphatic carbocycles. The van der Waals surface area contributed by atoms with Gasteiger partial charge in [0, 0.05) is 17.7 Å². The summed E-state index contributed by atoms with van der Waals surface area (Å²) < 4.78 is 28.1. The van der Waals surface area contributed by atoms with Crippen LogP contribution in [-0.2, 0) is 0 Å². The molecule has 0 saturated heterocycles. The summed E-state index contributed by atoms with van der Waals surface area (Å²) in [6, 6.07) is 1.09. The Bertz CT molecular complexity index is 315. The minimum Gasteiger partial charge on any atom is -0.418 e. The van der Waals surface area contributed by atoms with Crippen molar-refractivity contribution in [1.82, 2.24) is 4.98 Å². The van der Waals surface area contributed by atoms with Gasteiger partial charge in [-0.05, 0) is 0 Å². The van der Waals surface area contributed by atoms with E-state index in [4.69, 9.17) is 23.2 Å². The average molecular weight is 248 g/mol. The number of alkyl halides is 3. The van der Waals surface area contributed by atoms with Crippen molar-refractivity contribution in [2.24, 2.45) is 0 Å². The van der Waals surface area contributed by atoms with Gasteiger partial charge in [0.1, 0.15) is 10.9 Å². The summed E-state index contributed by atoms with van der Waals surface area (Å²) in [5.74, 6) is -0.255. The Labute approximate surface area is 87.4 Å². The van der Waals surface area contributed by atoms with E-state index in [2.05, 4.69) is 21.3 Å². The van der Waals surface area contributed by atoms with Crippen molar-refractivity contribution in [3.63, 3.8) is 0 Å². The van der Waals surface area contributed by atoms with Crippen molar-refractivity contribution in [2.75, 3.05) is 0 Å². The van der Waals surface area contributed by atoms with Crippen LogP contribution >= 0.6 is 34.8 Å². The van der Waals surface area contributed by atoms with Crippen LogP contribution in [0, 0.1) is 0 Å². The van der Waals surface area contributed by atoms with E-state index in [9.17, 15) is 8.78 Å². The van der Waals surface area contributed by atoms with Gasteiger partial charge in [0.05, 0.1) is 11.2 Å². The van der Waals surface area contributed by atoms with Gasteiger partial charge in [0.2, 0.25) is 0 Å². The molecule has 0 aromatic carbocycles. The minimum absolute atomic E-state index is 0.00639. The van der Waals surface area contributed by atoms with Crippen LogP contribution in [0.4, 0.5) is 8.78 Å². The van der Waals surface area contributed by atoms with Gasteiger partial charge in [-0.25, -0.2) is 4.98 Å². The number of hydrogen-bond acceptors (Lipinski definition) is 2. The summed E-state index contributed by atoms with van der Waals surface area (Å²) in [6.45, 7) is 0. The molecule has 0 bridgehead atoms. The highest BCUT2D eigenvalue weighted by Gasteiger charge is 2.27. The van der Waals surface area contributed by atoms with Crippen LogP contribution in [0.15, 0.2) is 12.3 Å². The summed E-state index contributed by atoms with van der Waals surface area (Å²) in [7, 11) is 0. The largest absolute Gasteiger partial charge is 0.487 e. The van der Waals surface area contributed by atoms with Crippen LogP contribution < -0.4 is 4.74 Å². The molecule has 7 heteroatoms. The third-order valence-corrected chi connectivity index (χ3v) is 1.77. The van der Waals surface area contributed by atoms with Crippen LogP contribution in [0.25, 0.3) is 0 Å². The molecule has 0 radical (unpaired) electrons. The Morgan fingerprint density at radius 1 is 1.38 bits per heavy atom. The van der Waals surface area contributed by atoms with E-state index < -0.39 is 5.57 Å². The molecule has 0 aliphatic heterocycles. The fourth-order valence-corrected chi connectivity index (χ4v) is 0.942. The van der Waals surface area contributed by atoms with Gasteiger partial charge in [-0.1, -0.05) is 23.2 Å². The van der Waals surface area contributed by atoms with E-state index in [-0.39, 0.29) is 15.9 Å². The summed E-state index contributed by atoms with van der Waals surface area (Å²) in [6.07, 6.45) is 0.991. The predicted molar refractivity (Wildman–Crippen MR) is 45.7 cm³/mol. The van der Waals surface area contributed by atoms with Crippen LogP contribution in [-0.4, -0.2) is 10.6 Å². The van der Waals surface area contributed by atoms with Crippen LogP contribution in [0.5, 0.6) is 5.75 Å². The summed E-state index contributed by atoms with van der Waals surface area (Å²) in [5, 5.41) is 0.0204. The summed E-state index contributed by atoms with van der Waals surface area (Å²) in [4.78, 5) is 3.48. The number of aromatic nitrogens is 1. The van der Waals surface area contributed by atoms with Crippen molar-refractivity contribution in [1.29, 1.82) is 0 Å². The Morgan fingerprint density at radius 3 is 2.46 bits per heavy atom. The van der Waals surface area contributed by atoms with E-state index in [0.717, 1.165) is 12.3 Å². The highest BCUT2D eigenvalue weighted by atomic mass is 35.5. The zero-order chi connectivity index (χ0) is 10.1. The molecule has 13 heavy (non-hydrogen) atoms. The predicted octanol–water partition coefficient (Wildman–Crippen LogP) is 3.56. The number of ether oxygens (including phenoxy) is 1. The highest BCUT2D eigenvalue weighted by Crippen LogP contribution is 2.28. The molecule has 0 fully saturated rings. The monoisotopic (exact) mass is 247 g/mol. The molecule has 72 valence electrons. The van der Waals surface area contributed by atoms with Gasteiger partial charge in [0.15, 0.2) is 0 Å². The molecule has 1 aromatic rings. The molecular formula is C6H2Cl3F2NO. The van der Waals surface area contributed by atoms with Crippen molar-refractivity contribution in [3.8, 4) is 5.75 Å². The van der Waals surface area contributed by atoms with Gasteiger partial charge in [-0.15, -0.1) is 8.78 Å². The second-order valence-electron chi connectivity index (χ2n) is 1.99. The standard InChI is InChI=1S/C6H2Cl3F2NO/c7-4-1-3(2-12-5(4)8)13-6(9,10)11/h1-2H. The number of pyridine rings is 1. The average Bonchev–Trinajstić information content (AvgIpc) is 1.94. The maximum Gasteiger partial charge on any atom is 0.487 e. The number of rotatable bonds is 2. The molecule has 0 N–H and O–H groups in total. The fraction of sp³-hybridized carbons (Fsp3) is 0.167.